The Kier molecular flexibility index (Phi) is 6.07. The highest BCUT2D eigenvalue weighted by Crippen LogP contribution is 2.18. The summed E-state index contributed by atoms with van der Waals surface area (Å²) in [5.41, 5.74) is 2.79. The van der Waals surface area contributed by atoms with Crippen molar-refractivity contribution >= 4 is 11.8 Å². The van der Waals surface area contributed by atoms with Gasteiger partial charge in [-0.1, -0.05) is 45.0 Å². The number of hydrogen-bond acceptors (Lipinski definition) is 2. The lowest BCUT2D eigenvalue weighted by atomic mass is 9.99. The molecule has 0 aliphatic heterocycles. The molecule has 0 saturated heterocycles. The molecule has 17 heavy (non-hydrogen) atoms. The summed E-state index contributed by atoms with van der Waals surface area (Å²) in [6, 6.07) is 9.42. The lowest BCUT2D eigenvalue weighted by Gasteiger charge is -2.17. The van der Waals surface area contributed by atoms with Gasteiger partial charge in [-0.25, -0.2) is 0 Å². The van der Waals surface area contributed by atoms with Gasteiger partial charge in [0, 0.05) is 17.8 Å². The van der Waals surface area contributed by atoms with E-state index < -0.39 is 0 Å². The van der Waals surface area contributed by atoms with E-state index in [1.807, 2.05) is 11.8 Å². The van der Waals surface area contributed by atoms with E-state index >= 15 is 0 Å². The maximum Gasteiger partial charge on any atom is 0.0292 e. The van der Waals surface area contributed by atoms with Gasteiger partial charge < -0.3 is 5.32 Å². The van der Waals surface area contributed by atoms with Crippen molar-refractivity contribution in [2.24, 2.45) is 0 Å². The third kappa shape index (κ3) is 4.72. The molecule has 1 N–H and O–H groups in total. The molecule has 0 spiro atoms. The molecule has 1 nitrogen and oxygen atoms in total. The van der Waals surface area contributed by atoms with Crippen molar-refractivity contribution in [2.75, 3.05) is 12.8 Å². The summed E-state index contributed by atoms with van der Waals surface area (Å²) in [7, 11) is 0. The van der Waals surface area contributed by atoms with Crippen molar-refractivity contribution in [3.8, 4) is 0 Å². The number of nitrogens with one attached hydrogen (secondary N) is 1. The summed E-state index contributed by atoms with van der Waals surface area (Å²) in [6.45, 7) is 10.0. The number of benzene rings is 1. The van der Waals surface area contributed by atoms with Crippen LogP contribution in [0.15, 0.2) is 24.3 Å². The second kappa shape index (κ2) is 7.07. The van der Waals surface area contributed by atoms with Crippen LogP contribution in [0.25, 0.3) is 0 Å². The van der Waals surface area contributed by atoms with Crippen LogP contribution >= 0.6 is 11.8 Å². The average Bonchev–Trinajstić information content (AvgIpc) is 2.35. The van der Waals surface area contributed by atoms with Crippen LogP contribution in [0.1, 0.15) is 50.8 Å². The Balaban J connectivity index is 2.54. The molecule has 0 amide bonds. The fraction of sp³-hybridized carbons (Fsp3) is 0.600. The zero-order chi connectivity index (χ0) is 12.8. The maximum absolute atomic E-state index is 3.58. The molecule has 1 aromatic carbocycles. The zero-order valence-corrected chi connectivity index (χ0v) is 12.5. The van der Waals surface area contributed by atoms with E-state index in [0.29, 0.717) is 17.2 Å². The molecule has 0 heterocycles. The van der Waals surface area contributed by atoms with Gasteiger partial charge in [-0.3, -0.25) is 0 Å². The van der Waals surface area contributed by atoms with Gasteiger partial charge in [-0.05, 0) is 30.2 Å². The molecular formula is C15H25NS. The van der Waals surface area contributed by atoms with E-state index in [1.54, 1.807) is 0 Å². The summed E-state index contributed by atoms with van der Waals surface area (Å²) < 4.78 is 0. The van der Waals surface area contributed by atoms with Gasteiger partial charge in [0.15, 0.2) is 0 Å². The molecule has 0 bridgehead atoms. The molecule has 2 unspecified atom stereocenters. The summed E-state index contributed by atoms with van der Waals surface area (Å²) in [5, 5.41) is 4.25. The molecule has 96 valence electrons. The minimum Gasteiger partial charge on any atom is -0.309 e. The quantitative estimate of drug-likeness (QED) is 0.812. The van der Waals surface area contributed by atoms with Crippen molar-refractivity contribution in [2.45, 2.75) is 44.9 Å². The van der Waals surface area contributed by atoms with Crippen molar-refractivity contribution < 1.29 is 0 Å². The molecule has 0 radical (unpaired) electrons. The van der Waals surface area contributed by atoms with Crippen LogP contribution in [0.3, 0.4) is 0 Å². The van der Waals surface area contributed by atoms with Crippen LogP contribution in [0.2, 0.25) is 0 Å². The van der Waals surface area contributed by atoms with Gasteiger partial charge in [0.25, 0.3) is 0 Å². The van der Waals surface area contributed by atoms with E-state index in [1.165, 1.54) is 11.1 Å². The molecule has 0 fully saturated rings. The monoisotopic (exact) mass is 251 g/mol. The molecular weight excluding hydrogens is 226 g/mol. The third-order valence-electron chi connectivity index (χ3n) is 3.22. The molecule has 0 saturated carbocycles. The Hall–Kier alpha value is -0.470. The molecule has 0 aliphatic carbocycles. The smallest absolute Gasteiger partial charge is 0.0292 e. The van der Waals surface area contributed by atoms with E-state index in [0.717, 1.165) is 6.54 Å². The Morgan fingerprint density at radius 1 is 1.00 bits per heavy atom. The first-order valence-corrected chi connectivity index (χ1v) is 7.69. The second-order valence-electron chi connectivity index (χ2n) is 5.00. The molecule has 2 atom stereocenters. The Morgan fingerprint density at radius 3 is 2.00 bits per heavy atom. The Morgan fingerprint density at radius 2 is 1.53 bits per heavy atom. The lowest BCUT2D eigenvalue weighted by Crippen LogP contribution is -2.25. The minimum atomic E-state index is 0.436. The molecule has 2 heteroatoms. The van der Waals surface area contributed by atoms with Gasteiger partial charge in [0.1, 0.15) is 0 Å². The van der Waals surface area contributed by atoms with Crippen LogP contribution in [-0.2, 0) is 0 Å². The van der Waals surface area contributed by atoms with Crippen LogP contribution in [0.4, 0.5) is 0 Å². The first kappa shape index (κ1) is 14.6. The van der Waals surface area contributed by atoms with Gasteiger partial charge in [0.2, 0.25) is 0 Å². The van der Waals surface area contributed by atoms with Crippen molar-refractivity contribution in [3.05, 3.63) is 35.4 Å². The van der Waals surface area contributed by atoms with Crippen molar-refractivity contribution in [1.29, 1.82) is 0 Å². The number of hydrogen-bond donors (Lipinski definition) is 1. The van der Waals surface area contributed by atoms with E-state index in [4.69, 9.17) is 0 Å². The molecule has 1 rings (SSSR count). The van der Waals surface area contributed by atoms with Gasteiger partial charge in [0.05, 0.1) is 0 Å². The summed E-state index contributed by atoms with van der Waals surface area (Å²) in [4.78, 5) is 0. The number of thioether (sulfide) groups is 1. The zero-order valence-electron chi connectivity index (χ0n) is 11.7. The lowest BCUT2D eigenvalue weighted by molar-refractivity contribution is 0.576. The van der Waals surface area contributed by atoms with Gasteiger partial charge in [-0.15, -0.1) is 0 Å². The average molecular weight is 251 g/mol. The topological polar surface area (TPSA) is 12.0 Å². The third-order valence-corrected chi connectivity index (χ3v) is 4.19. The predicted octanol–water partition coefficient (Wildman–Crippen LogP) is 4.21. The highest BCUT2D eigenvalue weighted by molar-refractivity contribution is 7.99. The normalized spacial score (nSPS) is 14.9. The first-order chi connectivity index (χ1) is 8.04. The fourth-order valence-electron chi connectivity index (χ4n) is 1.71. The van der Waals surface area contributed by atoms with Gasteiger partial charge >= 0.3 is 0 Å². The molecule has 0 aliphatic rings. The van der Waals surface area contributed by atoms with Crippen LogP contribution < -0.4 is 5.32 Å². The Labute approximate surface area is 110 Å². The van der Waals surface area contributed by atoms with E-state index in [-0.39, 0.29) is 0 Å². The van der Waals surface area contributed by atoms with Gasteiger partial charge in [-0.2, -0.15) is 11.8 Å². The standard InChI is InChI=1S/C15H25NS/c1-11(2)14-6-8-15(9-7-14)13(4)16-10-12(3)17-5/h6-9,11-13,16H,10H2,1-5H3. The highest BCUT2D eigenvalue weighted by atomic mass is 32.2. The number of rotatable bonds is 6. The molecule has 1 aromatic rings. The van der Waals surface area contributed by atoms with Crippen LogP contribution in [0, 0.1) is 0 Å². The SMILES string of the molecule is CSC(C)CNC(C)c1ccc(C(C)C)cc1. The summed E-state index contributed by atoms with van der Waals surface area (Å²) in [6.07, 6.45) is 2.16. The Bertz CT molecular complexity index is 318. The maximum atomic E-state index is 3.58. The largest absolute Gasteiger partial charge is 0.309 e. The van der Waals surface area contributed by atoms with Crippen molar-refractivity contribution in [1.82, 2.24) is 5.32 Å². The fourth-order valence-corrected chi connectivity index (χ4v) is 1.98. The highest BCUT2D eigenvalue weighted by Gasteiger charge is 2.07. The van der Waals surface area contributed by atoms with Crippen LogP contribution in [-0.4, -0.2) is 18.1 Å². The van der Waals surface area contributed by atoms with E-state index in [2.05, 4.69) is 63.5 Å². The van der Waals surface area contributed by atoms with Crippen LogP contribution in [0.5, 0.6) is 0 Å². The van der Waals surface area contributed by atoms with Crippen molar-refractivity contribution in [3.63, 3.8) is 0 Å². The predicted molar refractivity (Wildman–Crippen MR) is 79.9 cm³/mol. The summed E-state index contributed by atoms with van der Waals surface area (Å²) in [5.74, 6) is 0.615. The molecule has 0 aromatic heterocycles. The second-order valence-corrected chi connectivity index (χ2v) is 6.27. The first-order valence-electron chi connectivity index (χ1n) is 6.40. The van der Waals surface area contributed by atoms with E-state index in [9.17, 15) is 0 Å². The summed E-state index contributed by atoms with van der Waals surface area (Å²) >= 11 is 1.91. The minimum absolute atomic E-state index is 0.436.